The average Bonchev–Trinajstić information content (AvgIpc) is 2.35. The van der Waals surface area contributed by atoms with Crippen LogP contribution in [0, 0.1) is 6.92 Å². The predicted molar refractivity (Wildman–Crippen MR) is 82.1 cm³/mol. The van der Waals surface area contributed by atoms with Gasteiger partial charge in [0.25, 0.3) is 0 Å². The first-order valence-electron chi connectivity index (χ1n) is 6.44. The van der Waals surface area contributed by atoms with Crippen LogP contribution in [-0.4, -0.2) is 20.5 Å². The highest BCUT2D eigenvalue weighted by Gasteiger charge is 2.15. The third-order valence-electron chi connectivity index (χ3n) is 2.62. The summed E-state index contributed by atoms with van der Waals surface area (Å²) < 4.78 is 0. The summed E-state index contributed by atoms with van der Waals surface area (Å²) >= 11 is 0. The minimum absolute atomic E-state index is 0.124. The molecule has 0 bridgehead atoms. The fourth-order valence-corrected chi connectivity index (χ4v) is 1.68. The average molecular weight is 272 g/mol. The minimum atomic E-state index is -0.124. The van der Waals surface area contributed by atoms with Crippen LogP contribution in [0.5, 0.6) is 0 Å². The molecule has 2 aromatic rings. The van der Waals surface area contributed by atoms with Crippen molar-refractivity contribution in [1.82, 2.24) is 15.0 Å². The van der Waals surface area contributed by atoms with Crippen LogP contribution in [0.1, 0.15) is 26.3 Å². The van der Waals surface area contributed by atoms with Crippen molar-refractivity contribution in [3.63, 3.8) is 0 Å². The van der Waals surface area contributed by atoms with E-state index >= 15 is 0 Å². The van der Waals surface area contributed by atoms with Crippen molar-refractivity contribution in [2.75, 3.05) is 16.4 Å². The summed E-state index contributed by atoms with van der Waals surface area (Å²) in [6, 6.07) is 3.86. The molecule has 0 saturated carbocycles. The van der Waals surface area contributed by atoms with E-state index in [-0.39, 0.29) is 5.54 Å². The Hall–Kier alpha value is -2.37. The molecule has 106 valence electrons. The van der Waals surface area contributed by atoms with Crippen LogP contribution in [0.4, 0.5) is 23.1 Å². The molecule has 0 radical (unpaired) electrons. The molecule has 20 heavy (non-hydrogen) atoms. The molecular formula is C14H20N6. The molecule has 4 N–H and O–H groups in total. The first-order valence-corrected chi connectivity index (χ1v) is 6.44. The Morgan fingerprint density at radius 3 is 2.40 bits per heavy atom. The van der Waals surface area contributed by atoms with Gasteiger partial charge in [-0.25, -0.2) is 15.0 Å². The Morgan fingerprint density at radius 1 is 1.05 bits per heavy atom. The second-order valence-corrected chi connectivity index (χ2v) is 5.65. The first-order chi connectivity index (χ1) is 9.37. The molecule has 2 rings (SSSR count). The lowest BCUT2D eigenvalue weighted by Gasteiger charge is -2.22. The number of nitrogens with two attached hydrogens (primary N) is 1. The van der Waals surface area contributed by atoms with E-state index in [0.29, 0.717) is 17.3 Å². The van der Waals surface area contributed by atoms with Gasteiger partial charge in [0.1, 0.15) is 17.8 Å². The van der Waals surface area contributed by atoms with Crippen molar-refractivity contribution in [3.05, 3.63) is 30.2 Å². The van der Waals surface area contributed by atoms with E-state index in [1.54, 1.807) is 6.20 Å². The Morgan fingerprint density at radius 2 is 1.75 bits per heavy atom. The van der Waals surface area contributed by atoms with Crippen LogP contribution in [0.15, 0.2) is 24.7 Å². The van der Waals surface area contributed by atoms with Crippen LogP contribution < -0.4 is 16.4 Å². The van der Waals surface area contributed by atoms with Gasteiger partial charge in [-0.15, -0.1) is 0 Å². The third-order valence-corrected chi connectivity index (χ3v) is 2.62. The molecule has 0 aromatic carbocycles. The zero-order chi connectivity index (χ0) is 14.8. The fraction of sp³-hybridized carbons (Fsp3) is 0.357. The highest BCUT2D eigenvalue weighted by molar-refractivity contribution is 5.77. The predicted octanol–water partition coefficient (Wildman–Crippen LogP) is 2.72. The van der Waals surface area contributed by atoms with Crippen LogP contribution >= 0.6 is 0 Å². The van der Waals surface area contributed by atoms with Crippen molar-refractivity contribution in [2.24, 2.45) is 0 Å². The van der Waals surface area contributed by atoms with E-state index in [2.05, 4.69) is 25.6 Å². The number of hydrogen-bond acceptors (Lipinski definition) is 6. The number of aryl methyl sites for hydroxylation is 1. The Kier molecular flexibility index (Phi) is 3.74. The maximum atomic E-state index is 6.11. The standard InChI is InChI=1S/C14H20N6/c1-9-6-5-7-16-11(9)19-12-10(15)13(18-8-17-12)20-14(2,3)4/h5-8H,15H2,1-4H3,(H2,16,17,18,19,20). The molecule has 0 amide bonds. The van der Waals surface area contributed by atoms with E-state index in [9.17, 15) is 0 Å². The largest absolute Gasteiger partial charge is 0.393 e. The molecule has 0 fully saturated rings. The number of anilines is 4. The highest BCUT2D eigenvalue weighted by Crippen LogP contribution is 2.27. The second-order valence-electron chi connectivity index (χ2n) is 5.65. The summed E-state index contributed by atoms with van der Waals surface area (Å²) in [5.74, 6) is 1.90. The molecule has 0 spiro atoms. The molecule has 6 heteroatoms. The minimum Gasteiger partial charge on any atom is -0.393 e. The van der Waals surface area contributed by atoms with Crippen molar-refractivity contribution in [3.8, 4) is 0 Å². The summed E-state index contributed by atoms with van der Waals surface area (Å²) in [6.07, 6.45) is 3.20. The zero-order valence-electron chi connectivity index (χ0n) is 12.2. The van der Waals surface area contributed by atoms with Gasteiger partial charge in [0, 0.05) is 11.7 Å². The van der Waals surface area contributed by atoms with E-state index in [1.807, 2.05) is 39.8 Å². The van der Waals surface area contributed by atoms with E-state index in [1.165, 1.54) is 6.33 Å². The Bertz CT molecular complexity index is 603. The molecule has 0 unspecified atom stereocenters. The maximum absolute atomic E-state index is 6.11. The Balaban J connectivity index is 2.30. The number of rotatable bonds is 3. The SMILES string of the molecule is Cc1cccnc1Nc1ncnc(NC(C)(C)C)c1N. The molecule has 0 aliphatic carbocycles. The van der Waals surface area contributed by atoms with Crippen molar-refractivity contribution in [1.29, 1.82) is 0 Å². The molecule has 0 aliphatic rings. The number of hydrogen-bond donors (Lipinski definition) is 3. The topological polar surface area (TPSA) is 88.8 Å². The van der Waals surface area contributed by atoms with Crippen molar-refractivity contribution < 1.29 is 0 Å². The van der Waals surface area contributed by atoms with Gasteiger partial charge in [0.2, 0.25) is 0 Å². The van der Waals surface area contributed by atoms with Gasteiger partial charge in [-0.1, -0.05) is 6.07 Å². The van der Waals surface area contributed by atoms with Crippen LogP contribution in [0.25, 0.3) is 0 Å². The molecule has 6 nitrogen and oxygen atoms in total. The summed E-state index contributed by atoms with van der Waals surface area (Å²) in [7, 11) is 0. The van der Waals surface area contributed by atoms with Gasteiger partial charge in [0.15, 0.2) is 11.6 Å². The van der Waals surface area contributed by atoms with E-state index in [4.69, 9.17) is 5.73 Å². The molecule has 2 heterocycles. The van der Waals surface area contributed by atoms with Crippen LogP contribution in [-0.2, 0) is 0 Å². The normalized spacial score (nSPS) is 11.2. The molecule has 0 atom stereocenters. The van der Waals surface area contributed by atoms with Crippen LogP contribution in [0.3, 0.4) is 0 Å². The summed E-state index contributed by atoms with van der Waals surface area (Å²) in [5.41, 5.74) is 7.49. The second kappa shape index (κ2) is 5.32. The van der Waals surface area contributed by atoms with Crippen LogP contribution in [0.2, 0.25) is 0 Å². The van der Waals surface area contributed by atoms with Gasteiger partial charge in [-0.05, 0) is 39.3 Å². The molecule has 0 saturated heterocycles. The van der Waals surface area contributed by atoms with Crippen molar-refractivity contribution >= 4 is 23.1 Å². The zero-order valence-corrected chi connectivity index (χ0v) is 12.2. The lowest BCUT2D eigenvalue weighted by atomic mass is 10.1. The molecular weight excluding hydrogens is 252 g/mol. The number of nitrogen functional groups attached to an aromatic ring is 1. The number of nitrogens with one attached hydrogen (secondary N) is 2. The van der Waals surface area contributed by atoms with Gasteiger partial charge in [-0.3, -0.25) is 0 Å². The summed E-state index contributed by atoms with van der Waals surface area (Å²) in [6.45, 7) is 8.11. The molecule has 0 aliphatic heterocycles. The lowest BCUT2D eigenvalue weighted by Crippen LogP contribution is -2.27. The highest BCUT2D eigenvalue weighted by atomic mass is 15.1. The number of nitrogens with zero attached hydrogens (tertiary/aromatic N) is 3. The number of aromatic nitrogens is 3. The first kappa shape index (κ1) is 14.0. The smallest absolute Gasteiger partial charge is 0.160 e. The summed E-state index contributed by atoms with van der Waals surface area (Å²) in [5, 5.41) is 6.39. The maximum Gasteiger partial charge on any atom is 0.160 e. The lowest BCUT2D eigenvalue weighted by molar-refractivity contribution is 0.630. The molecule has 2 aromatic heterocycles. The van der Waals surface area contributed by atoms with E-state index < -0.39 is 0 Å². The number of pyridine rings is 1. The monoisotopic (exact) mass is 272 g/mol. The third kappa shape index (κ3) is 3.34. The quantitative estimate of drug-likeness (QED) is 0.796. The van der Waals surface area contributed by atoms with Gasteiger partial charge >= 0.3 is 0 Å². The fourth-order valence-electron chi connectivity index (χ4n) is 1.68. The van der Waals surface area contributed by atoms with Gasteiger partial charge in [0.05, 0.1) is 0 Å². The van der Waals surface area contributed by atoms with Crippen molar-refractivity contribution in [2.45, 2.75) is 33.2 Å². The van der Waals surface area contributed by atoms with E-state index in [0.717, 1.165) is 11.4 Å². The summed E-state index contributed by atoms with van der Waals surface area (Å²) in [4.78, 5) is 12.6. The Labute approximate surface area is 118 Å². The van der Waals surface area contributed by atoms with Gasteiger partial charge < -0.3 is 16.4 Å². The van der Waals surface area contributed by atoms with Gasteiger partial charge in [-0.2, -0.15) is 0 Å².